The van der Waals surface area contributed by atoms with Gasteiger partial charge in [-0.2, -0.15) is 0 Å². The van der Waals surface area contributed by atoms with Crippen molar-refractivity contribution in [3.8, 4) is 0 Å². The van der Waals surface area contributed by atoms with Crippen LogP contribution in [-0.4, -0.2) is 25.5 Å². The van der Waals surface area contributed by atoms with Crippen molar-refractivity contribution < 1.29 is 4.79 Å². The summed E-state index contributed by atoms with van der Waals surface area (Å²) in [4.78, 5) is 12.3. The van der Waals surface area contributed by atoms with Crippen molar-refractivity contribution in [2.45, 2.75) is 0 Å². The fraction of sp³-hybridized carbons (Fsp3) is 0.444. The van der Waals surface area contributed by atoms with E-state index >= 15 is 0 Å². The molecule has 1 aromatic rings. The number of thiophene rings is 1. The topological polar surface area (TPSA) is 41.1 Å². The highest BCUT2D eigenvalue weighted by Crippen LogP contribution is 2.21. The maximum atomic E-state index is 11.6. The number of carbonyl (C=O) groups excluding carboxylic acids is 1. The lowest BCUT2D eigenvalue weighted by Gasteiger charge is -2.26. The SMILES string of the molecule is O=C(NCC1CNC1)c1ccc(Br)s1. The van der Waals surface area contributed by atoms with Crippen LogP contribution >= 0.6 is 27.3 Å². The Kier molecular flexibility index (Phi) is 3.20. The maximum absolute atomic E-state index is 11.6. The van der Waals surface area contributed by atoms with Crippen molar-refractivity contribution >= 4 is 33.2 Å². The molecule has 0 atom stereocenters. The second kappa shape index (κ2) is 4.42. The molecule has 2 N–H and O–H groups in total. The molecule has 3 nitrogen and oxygen atoms in total. The number of hydrogen-bond acceptors (Lipinski definition) is 3. The van der Waals surface area contributed by atoms with Crippen LogP contribution in [0.1, 0.15) is 9.67 Å². The molecular formula is C9H11BrN2OS. The summed E-state index contributed by atoms with van der Waals surface area (Å²) in [5, 5.41) is 6.10. The van der Waals surface area contributed by atoms with Gasteiger partial charge in [0.1, 0.15) is 0 Å². The smallest absolute Gasteiger partial charge is 0.261 e. The third-order valence-electron chi connectivity index (χ3n) is 2.21. The molecular weight excluding hydrogens is 264 g/mol. The average Bonchev–Trinajstić information content (AvgIpc) is 2.49. The largest absolute Gasteiger partial charge is 0.351 e. The van der Waals surface area contributed by atoms with Crippen LogP contribution in [0.2, 0.25) is 0 Å². The van der Waals surface area contributed by atoms with E-state index in [9.17, 15) is 4.79 Å². The van der Waals surface area contributed by atoms with E-state index in [2.05, 4.69) is 26.6 Å². The van der Waals surface area contributed by atoms with E-state index in [4.69, 9.17) is 0 Å². The Morgan fingerprint density at radius 3 is 2.93 bits per heavy atom. The molecule has 2 rings (SSSR count). The summed E-state index contributed by atoms with van der Waals surface area (Å²) in [6.45, 7) is 2.82. The first kappa shape index (κ1) is 10.1. The first-order chi connectivity index (χ1) is 6.75. The molecule has 0 aliphatic carbocycles. The number of amides is 1. The van der Waals surface area contributed by atoms with E-state index in [-0.39, 0.29) is 5.91 Å². The molecule has 2 heterocycles. The van der Waals surface area contributed by atoms with Gasteiger partial charge in [0.05, 0.1) is 8.66 Å². The molecule has 76 valence electrons. The van der Waals surface area contributed by atoms with Crippen molar-refractivity contribution in [3.63, 3.8) is 0 Å². The van der Waals surface area contributed by atoms with Gasteiger partial charge in [0.2, 0.25) is 0 Å². The fourth-order valence-electron chi connectivity index (χ4n) is 1.25. The lowest BCUT2D eigenvalue weighted by atomic mass is 10.0. The van der Waals surface area contributed by atoms with Gasteiger partial charge in [0.25, 0.3) is 5.91 Å². The van der Waals surface area contributed by atoms with E-state index < -0.39 is 0 Å². The van der Waals surface area contributed by atoms with E-state index in [1.165, 1.54) is 11.3 Å². The van der Waals surface area contributed by atoms with Gasteiger partial charge in [-0.3, -0.25) is 4.79 Å². The van der Waals surface area contributed by atoms with Crippen LogP contribution in [0.5, 0.6) is 0 Å². The highest BCUT2D eigenvalue weighted by molar-refractivity contribution is 9.11. The van der Waals surface area contributed by atoms with Gasteiger partial charge in [-0.15, -0.1) is 11.3 Å². The predicted octanol–water partition coefficient (Wildman–Crippen LogP) is 1.46. The van der Waals surface area contributed by atoms with Crippen LogP contribution in [0, 0.1) is 5.92 Å². The Bertz CT molecular complexity index is 335. The molecule has 0 unspecified atom stereocenters. The van der Waals surface area contributed by atoms with Gasteiger partial charge in [-0.05, 0) is 28.1 Å². The molecule has 14 heavy (non-hydrogen) atoms. The molecule has 1 amide bonds. The standard InChI is InChI=1S/C9H11BrN2OS/c10-8-2-1-7(14-8)9(13)12-5-6-3-11-4-6/h1-2,6,11H,3-5H2,(H,12,13). The van der Waals surface area contributed by atoms with Gasteiger partial charge >= 0.3 is 0 Å². The molecule has 0 radical (unpaired) electrons. The molecule has 1 aromatic heterocycles. The van der Waals surface area contributed by atoms with E-state index in [0.717, 1.165) is 28.3 Å². The average molecular weight is 275 g/mol. The Hall–Kier alpha value is -0.390. The lowest BCUT2D eigenvalue weighted by molar-refractivity contribution is 0.0946. The summed E-state index contributed by atoms with van der Waals surface area (Å²) in [7, 11) is 0. The Balaban J connectivity index is 1.82. The van der Waals surface area contributed by atoms with E-state index in [1.54, 1.807) is 0 Å². The second-order valence-corrected chi connectivity index (χ2v) is 5.80. The Morgan fingerprint density at radius 1 is 1.64 bits per heavy atom. The van der Waals surface area contributed by atoms with Crippen molar-refractivity contribution in [1.82, 2.24) is 10.6 Å². The van der Waals surface area contributed by atoms with Crippen molar-refractivity contribution in [2.75, 3.05) is 19.6 Å². The Labute approximate surface area is 95.0 Å². The summed E-state index contributed by atoms with van der Waals surface area (Å²) in [6, 6.07) is 3.73. The molecule has 5 heteroatoms. The van der Waals surface area contributed by atoms with Crippen LogP contribution in [0.15, 0.2) is 15.9 Å². The van der Waals surface area contributed by atoms with Crippen molar-refractivity contribution in [3.05, 3.63) is 20.8 Å². The predicted molar refractivity (Wildman–Crippen MR) is 60.7 cm³/mol. The number of halogens is 1. The maximum Gasteiger partial charge on any atom is 0.261 e. The summed E-state index contributed by atoms with van der Waals surface area (Å²) >= 11 is 4.80. The van der Waals surface area contributed by atoms with Gasteiger partial charge in [-0.1, -0.05) is 0 Å². The summed E-state index contributed by atoms with van der Waals surface area (Å²) in [5.41, 5.74) is 0. The van der Waals surface area contributed by atoms with Crippen LogP contribution in [0.4, 0.5) is 0 Å². The molecule has 0 bridgehead atoms. The third-order valence-corrected chi connectivity index (χ3v) is 3.84. The van der Waals surface area contributed by atoms with Gasteiger partial charge in [0.15, 0.2) is 0 Å². The zero-order valence-corrected chi connectivity index (χ0v) is 9.95. The number of nitrogens with one attached hydrogen (secondary N) is 2. The second-order valence-electron chi connectivity index (χ2n) is 3.34. The number of hydrogen-bond donors (Lipinski definition) is 2. The molecule has 0 spiro atoms. The summed E-state index contributed by atoms with van der Waals surface area (Å²) in [6.07, 6.45) is 0. The van der Waals surface area contributed by atoms with Crippen LogP contribution in [0.25, 0.3) is 0 Å². The number of carbonyl (C=O) groups is 1. The zero-order chi connectivity index (χ0) is 9.97. The van der Waals surface area contributed by atoms with Crippen LogP contribution in [-0.2, 0) is 0 Å². The highest BCUT2D eigenvalue weighted by Gasteiger charge is 2.17. The highest BCUT2D eigenvalue weighted by atomic mass is 79.9. The molecule has 1 aliphatic heterocycles. The first-order valence-electron chi connectivity index (χ1n) is 4.50. The Morgan fingerprint density at radius 2 is 2.43 bits per heavy atom. The molecule has 1 aliphatic rings. The van der Waals surface area contributed by atoms with Gasteiger partial charge < -0.3 is 10.6 Å². The number of rotatable bonds is 3. The fourth-order valence-corrected chi connectivity index (χ4v) is 2.56. The minimum absolute atomic E-state index is 0.0348. The van der Waals surface area contributed by atoms with Crippen LogP contribution in [0.3, 0.4) is 0 Å². The third kappa shape index (κ3) is 2.34. The quantitative estimate of drug-likeness (QED) is 0.877. The minimum Gasteiger partial charge on any atom is -0.351 e. The monoisotopic (exact) mass is 274 g/mol. The summed E-state index contributed by atoms with van der Waals surface area (Å²) in [5.74, 6) is 0.648. The molecule has 1 fully saturated rings. The van der Waals surface area contributed by atoms with Gasteiger partial charge in [-0.25, -0.2) is 0 Å². The molecule has 0 saturated carbocycles. The normalized spacial score (nSPS) is 16.4. The molecule has 0 aromatic carbocycles. The minimum atomic E-state index is 0.0348. The van der Waals surface area contributed by atoms with Crippen molar-refractivity contribution in [1.29, 1.82) is 0 Å². The van der Waals surface area contributed by atoms with Gasteiger partial charge in [0, 0.05) is 25.6 Å². The van der Waals surface area contributed by atoms with E-state index in [1.807, 2.05) is 12.1 Å². The van der Waals surface area contributed by atoms with Crippen LogP contribution < -0.4 is 10.6 Å². The zero-order valence-electron chi connectivity index (χ0n) is 7.55. The van der Waals surface area contributed by atoms with E-state index in [0.29, 0.717) is 5.92 Å². The molecule has 1 saturated heterocycles. The lowest BCUT2D eigenvalue weighted by Crippen LogP contribution is -2.48. The van der Waals surface area contributed by atoms with Crippen molar-refractivity contribution in [2.24, 2.45) is 5.92 Å². The summed E-state index contributed by atoms with van der Waals surface area (Å²) < 4.78 is 0.993. The first-order valence-corrected chi connectivity index (χ1v) is 6.11.